The Morgan fingerprint density at radius 3 is 2.36 bits per heavy atom. The predicted octanol–water partition coefficient (Wildman–Crippen LogP) is 4.69. The van der Waals surface area contributed by atoms with Gasteiger partial charge in [0.15, 0.2) is 0 Å². The van der Waals surface area contributed by atoms with Crippen molar-refractivity contribution in [1.29, 1.82) is 0 Å². The van der Waals surface area contributed by atoms with Gasteiger partial charge in [-0.05, 0) is 48.2 Å². The van der Waals surface area contributed by atoms with Crippen LogP contribution in [0.3, 0.4) is 0 Å². The van der Waals surface area contributed by atoms with Gasteiger partial charge in [-0.3, -0.25) is 4.79 Å². The van der Waals surface area contributed by atoms with Crippen LogP contribution in [-0.2, 0) is 9.53 Å². The quantitative estimate of drug-likeness (QED) is 0.382. The summed E-state index contributed by atoms with van der Waals surface area (Å²) in [6.07, 6.45) is -0.188. The van der Waals surface area contributed by atoms with Crippen molar-refractivity contribution in [3.8, 4) is 11.1 Å². The van der Waals surface area contributed by atoms with Gasteiger partial charge in [0.05, 0.1) is 30.9 Å². The number of carbonyl (C=O) groups excluding carboxylic acids is 2. The first-order chi connectivity index (χ1) is 17.4. The third-order valence-electron chi connectivity index (χ3n) is 5.98. The number of hydrogen-bond acceptors (Lipinski definition) is 4. The number of aliphatic hydroxyl groups excluding tert-OH is 1. The van der Waals surface area contributed by atoms with E-state index < -0.39 is 35.9 Å². The molecule has 1 aliphatic rings. The molecule has 0 aromatic heterocycles. The molecule has 1 aliphatic heterocycles. The highest BCUT2D eigenvalue weighted by Crippen LogP contribution is 2.24. The maximum Gasteiger partial charge on any atom is 0.319 e. The number of aliphatic hydroxyl groups is 1. The molecule has 0 aliphatic carbocycles. The molecule has 1 heterocycles. The summed E-state index contributed by atoms with van der Waals surface area (Å²) in [5.74, 6) is -1.69. The van der Waals surface area contributed by atoms with Crippen LogP contribution in [0.5, 0.6) is 0 Å². The summed E-state index contributed by atoms with van der Waals surface area (Å²) in [6, 6.07) is 18.9. The lowest BCUT2D eigenvalue weighted by atomic mass is 9.97. The van der Waals surface area contributed by atoms with Gasteiger partial charge in [0.25, 0.3) is 0 Å². The average Bonchev–Trinajstić information content (AvgIpc) is 2.88. The third-order valence-corrected chi connectivity index (χ3v) is 5.98. The number of hydrogen-bond donors (Lipinski definition) is 4. The van der Waals surface area contributed by atoms with Crippen molar-refractivity contribution in [2.24, 2.45) is 0 Å². The van der Waals surface area contributed by atoms with Gasteiger partial charge in [-0.1, -0.05) is 42.5 Å². The molecule has 9 heteroatoms. The SMILES string of the molecule is O=C(C[C@@H]1CC[C@H](NC(=O)Nc2cc(F)ccc2F)[C@@H](CO)O1)Nc1ccc(-c2ccccc2)cc1. The van der Waals surface area contributed by atoms with Crippen molar-refractivity contribution in [3.05, 3.63) is 84.4 Å². The first-order valence-corrected chi connectivity index (χ1v) is 11.7. The molecule has 4 N–H and O–H groups in total. The van der Waals surface area contributed by atoms with E-state index in [-0.39, 0.29) is 24.6 Å². The van der Waals surface area contributed by atoms with Crippen molar-refractivity contribution >= 4 is 23.3 Å². The highest BCUT2D eigenvalue weighted by Gasteiger charge is 2.33. The molecule has 0 saturated carbocycles. The standard InChI is InChI=1S/C27H27F2N3O4/c28-19-8-12-22(29)24(14-19)32-27(35)31-23-13-11-21(36-25(23)16-33)15-26(34)30-20-9-6-18(7-10-20)17-4-2-1-3-5-17/h1-10,12,14,21,23,25,33H,11,13,15-16H2,(H,30,34)(H2,31,32,35)/t21-,23-,25+/m0/s1. The Morgan fingerprint density at radius 2 is 1.64 bits per heavy atom. The highest BCUT2D eigenvalue weighted by atomic mass is 19.1. The zero-order chi connectivity index (χ0) is 25.5. The summed E-state index contributed by atoms with van der Waals surface area (Å²) < 4.78 is 32.9. The second-order valence-electron chi connectivity index (χ2n) is 8.58. The molecule has 36 heavy (non-hydrogen) atoms. The first kappa shape index (κ1) is 25.3. The zero-order valence-corrected chi connectivity index (χ0v) is 19.4. The number of ether oxygens (including phenoxy) is 1. The van der Waals surface area contributed by atoms with Gasteiger partial charge in [0.2, 0.25) is 5.91 Å². The minimum absolute atomic E-state index is 0.0877. The van der Waals surface area contributed by atoms with Gasteiger partial charge in [-0.25, -0.2) is 13.6 Å². The Morgan fingerprint density at radius 1 is 0.917 bits per heavy atom. The number of amides is 3. The van der Waals surface area contributed by atoms with Crippen LogP contribution < -0.4 is 16.0 Å². The Bertz CT molecular complexity index is 1190. The maximum atomic E-state index is 13.8. The summed E-state index contributed by atoms with van der Waals surface area (Å²) in [4.78, 5) is 24.8. The number of nitrogens with one attached hydrogen (secondary N) is 3. The normalized spacial score (nSPS) is 19.4. The number of carbonyl (C=O) groups is 2. The van der Waals surface area contributed by atoms with Gasteiger partial charge in [-0.2, -0.15) is 0 Å². The first-order valence-electron chi connectivity index (χ1n) is 11.7. The summed E-state index contributed by atoms with van der Waals surface area (Å²) in [5.41, 5.74) is 2.49. The van der Waals surface area contributed by atoms with Gasteiger partial charge < -0.3 is 25.8 Å². The van der Waals surface area contributed by atoms with Crippen LogP contribution in [0.4, 0.5) is 25.0 Å². The molecule has 0 spiro atoms. The summed E-state index contributed by atoms with van der Waals surface area (Å²) in [6.45, 7) is -0.377. The van der Waals surface area contributed by atoms with Crippen LogP contribution in [-0.4, -0.2) is 41.9 Å². The minimum Gasteiger partial charge on any atom is -0.394 e. The Balaban J connectivity index is 1.26. The number of rotatable bonds is 7. The molecular formula is C27H27F2N3O4. The topological polar surface area (TPSA) is 99.7 Å². The Labute approximate surface area is 207 Å². The van der Waals surface area contributed by atoms with E-state index in [2.05, 4.69) is 16.0 Å². The monoisotopic (exact) mass is 495 g/mol. The van der Waals surface area contributed by atoms with Crippen LogP contribution in [0.2, 0.25) is 0 Å². The van der Waals surface area contributed by atoms with E-state index in [0.29, 0.717) is 18.5 Å². The third kappa shape index (κ3) is 6.65. The lowest BCUT2D eigenvalue weighted by Crippen LogP contribution is -2.52. The van der Waals surface area contributed by atoms with Crippen LogP contribution in [0.25, 0.3) is 11.1 Å². The van der Waals surface area contributed by atoms with Gasteiger partial charge in [-0.15, -0.1) is 0 Å². The van der Waals surface area contributed by atoms with Crippen molar-refractivity contribution in [2.45, 2.75) is 37.5 Å². The molecule has 1 fully saturated rings. The molecule has 3 amide bonds. The van der Waals surface area contributed by atoms with E-state index >= 15 is 0 Å². The van der Waals surface area contributed by atoms with E-state index in [9.17, 15) is 23.5 Å². The number of urea groups is 1. The van der Waals surface area contributed by atoms with Crippen LogP contribution in [0.1, 0.15) is 19.3 Å². The minimum atomic E-state index is -0.772. The summed E-state index contributed by atoms with van der Waals surface area (Å²) >= 11 is 0. The van der Waals surface area contributed by atoms with Crippen LogP contribution >= 0.6 is 0 Å². The van der Waals surface area contributed by atoms with Crippen molar-refractivity contribution < 1.29 is 28.2 Å². The largest absolute Gasteiger partial charge is 0.394 e. The van der Waals surface area contributed by atoms with Crippen LogP contribution in [0, 0.1) is 11.6 Å². The van der Waals surface area contributed by atoms with Crippen molar-refractivity contribution in [1.82, 2.24) is 5.32 Å². The fourth-order valence-corrected chi connectivity index (χ4v) is 4.16. The second-order valence-corrected chi connectivity index (χ2v) is 8.58. The summed E-state index contributed by atoms with van der Waals surface area (Å²) in [5, 5.41) is 17.5. The van der Waals surface area contributed by atoms with Crippen molar-refractivity contribution in [3.63, 3.8) is 0 Å². The van der Waals surface area contributed by atoms with E-state index in [1.54, 1.807) is 0 Å². The lowest BCUT2D eigenvalue weighted by molar-refractivity contribution is -0.126. The maximum absolute atomic E-state index is 13.8. The number of benzene rings is 3. The van der Waals surface area contributed by atoms with Gasteiger partial charge in [0.1, 0.15) is 17.7 Å². The molecule has 3 atom stereocenters. The van der Waals surface area contributed by atoms with Crippen LogP contribution in [0.15, 0.2) is 72.8 Å². The lowest BCUT2D eigenvalue weighted by Gasteiger charge is -2.35. The average molecular weight is 496 g/mol. The Hall–Kier alpha value is -3.82. The predicted molar refractivity (Wildman–Crippen MR) is 132 cm³/mol. The molecule has 4 rings (SSSR count). The molecule has 0 unspecified atom stereocenters. The van der Waals surface area contributed by atoms with Gasteiger partial charge in [0, 0.05) is 11.8 Å². The second kappa shape index (κ2) is 11.7. The summed E-state index contributed by atoms with van der Waals surface area (Å²) in [7, 11) is 0. The number of halogens is 2. The fourth-order valence-electron chi connectivity index (χ4n) is 4.16. The molecule has 0 bridgehead atoms. The highest BCUT2D eigenvalue weighted by molar-refractivity contribution is 5.91. The van der Waals surface area contributed by atoms with E-state index in [4.69, 9.17) is 4.74 Å². The molecule has 3 aromatic rings. The smallest absolute Gasteiger partial charge is 0.319 e. The fraction of sp³-hybridized carbons (Fsp3) is 0.259. The molecular weight excluding hydrogens is 468 g/mol. The Kier molecular flexibility index (Phi) is 8.24. The van der Waals surface area contributed by atoms with E-state index in [1.807, 2.05) is 54.6 Å². The molecule has 1 saturated heterocycles. The molecule has 7 nitrogen and oxygen atoms in total. The van der Waals surface area contributed by atoms with Crippen molar-refractivity contribution in [2.75, 3.05) is 17.2 Å². The number of anilines is 2. The molecule has 0 radical (unpaired) electrons. The van der Waals surface area contributed by atoms with E-state index in [0.717, 1.165) is 29.3 Å². The molecule has 188 valence electrons. The zero-order valence-electron chi connectivity index (χ0n) is 19.4. The molecule has 3 aromatic carbocycles. The van der Waals surface area contributed by atoms with E-state index in [1.165, 1.54) is 0 Å². The van der Waals surface area contributed by atoms with Gasteiger partial charge >= 0.3 is 6.03 Å².